The fourth-order valence-corrected chi connectivity index (χ4v) is 3.27. The van der Waals surface area contributed by atoms with Crippen molar-refractivity contribution in [1.29, 1.82) is 0 Å². The molecule has 0 aliphatic carbocycles. The highest BCUT2D eigenvalue weighted by Crippen LogP contribution is 2.26. The minimum atomic E-state index is -3.31. The summed E-state index contributed by atoms with van der Waals surface area (Å²) in [7, 11) is -3.31. The van der Waals surface area contributed by atoms with Crippen LogP contribution in [0, 0.1) is 0 Å². The Balaban J connectivity index is 2.75. The van der Waals surface area contributed by atoms with Gasteiger partial charge in [-0.15, -0.1) is 11.3 Å². The van der Waals surface area contributed by atoms with E-state index in [1.165, 1.54) is 17.6 Å². The third-order valence-corrected chi connectivity index (χ3v) is 4.29. The van der Waals surface area contributed by atoms with E-state index in [0.29, 0.717) is 10.6 Å². The second-order valence-electron chi connectivity index (χ2n) is 2.20. The van der Waals surface area contributed by atoms with E-state index >= 15 is 0 Å². The molecule has 1 aliphatic rings. The number of sulfonamides is 1. The van der Waals surface area contributed by atoms with Crippen LogP contribution in [0.25, 0.3) is 0 Å². The van der Waals surface area contributed by atoms with Gasteiger partial charge in [0.15, 0.2) is 0 Å². The second kappa shape index (κ2) is 2.15. The van der Waals surface area contributed by atoms with Gasteiger partial charge in [-0.2, -0.15) is 12.8 Å². The van der Waals surface area contributed by atoms with E-state index in [1.807, 2.05) is 6.07 Å². The number of hydrogen-bond acceptors (Lipinski definition) is 3. The molecule has 1 aromatic heterocycles. The summed E-state index contributed by atoms with van der Waals surface area (Å²) in [6.07, 6.45) is 2.07. The lowest BCUT2D eigenvalue weighted by atomic mass is 10.3. The molecule has 0 atom stereocenters. The first kappa shape index (κ1) is 7.00. The summed E-state index contributed by atoms with van der Waals surface area (Å²) in [5.74, 6) is 0. The van der Waals surface area contributed by atoms with E-state index in [1.54, 1.807) is 5.38 Å². The van der Waals surface area contributed by atoms with Crippen molar-refractivity contribution in [3.8, 4) is 0 Å². The molecule has 5 heteroatoms. The lowest BCUT2D eigenvalue weighted by molar-refractivity contribution is 0.598. The highest BCUT2D eigenvalue weighted by molar-refractivity contribution is 7.92. The van der Waals surface area contributed by atoms with Gasteiger partial charge in [0.1, 0.15) is 4.21 Å². The number of thiophene rings is 1. The monoisotopic (exact) mass is 187 g/mol. The summed E-state index contributed by atoms with van der Waals surface area (Å²) in [4.78, 5) is 0. The second-order valence-corrected chi connectivity index (χ2v) is 4.94. The molecule has 0 radical (unpaired) electrons. The Hall–Kier alpha value is -0.680. The van der Waals surface area contributed by atoms with Gasteiger partial charge in [0.25, 0.3) is 10.0 Å². The normalized spacial score (nSPS) is 19.6. The Morgan fingerprint density at radius 2 is 2.36 bits per heavy atom. The van der Waals surface area contributed by atoms with Crippen LogP contribution >= 0.6 is 11.3 Å². The van der Waals surface area contributed by atoms with Crippen molar-refractivity contribution in [3.63, 3.8) is 0 Å². The van der Waals surface area contributed by atoms with E-state index in [4.69, 9.17) is 0 Å². The Kier molecular flexibility index (Phi) is 1.37. The Morgan fingerprint density at radius 3 is 3.09 bits per heavy atom. The van der Waals surface area contributed by atoms with Crippen LogP contribution < -0.4 is 0 Å². The molecule has 0 unspecified atom stereocenters. The van der Waals surface area contributed by atoms with Crippen LogP contribution in [-0.2, 0) is 16.4 Å². The maximum Gasteiger partial charge on any atom is 0.291 e. The van der Waals surface area contributed by atoms with Crippen molar-refractivity contribution in [3.05, 3.63) is 17.0 Å². The molecule has 0 aromatic carbocycles. The average Bonchev–Trinajstić information content (AvgIpc) is 2.34. The smallest absolute Gasteiger partial charge is 0.198 e. The summed E-state index contributed by atoms with van der Waals surface area (Å²) >= 11 is 1.23. The largest absolute Gasteiger partial charge is 0.291 e. The third-order valence-electron chi connectivity index (χ3n) is 1.47. The van der Waals surface area contributed by atoms with E-state index in [0.717, 1.165) is 5.56 Å². The molecule has 0 saturated carbocycles. The van der Waals surface area contributed by atoms with Crippen LogP contribution in [0.3, 0.4) is 0 Å². The molecule has 0 spiro atoms. The van der Waals surface area contributed by atoms with Crippen molar-refractivity contribution in [2.45, 2.75) is 10.6 Å². The maximum absolute atomic E-state index is 11.1. The average molecular weight is 187 g/mol. The standard InChI is InChI=1S/C6H5NO2S2/c8-11(9)6-5(1-3-7-11)2-4-10-6/h2-4H,1H2. The minimum absolute atomic E-state index is 0.403. The SMILES string of the molecule is O=S1(=O)N=CCc2ccsc21. The molecule has 2 heterocycles. The van der Waals surface area contributed by atoms with Gasteiger partial charge >= 0.3 is 0 Å². The summed E-state index contributed by atoms with van der Waals surface area (Å²) < 4.78 is 26.1. The third kappa shape index (κ3) is 1.00. The molecule has 3 nitrogen and oxygen atoms in total. The first-order chi connectivity index (χ1) is 5.20. The predicted molar refractivity (Wildman–Crippen MR) is 43.7 cm³/mol. The molecule has 0 fully saturated rings. The van der Waals surface area contributed by atoms with Gasteiger partial charge in [-0.25, -0.2) is 0 Å². The maximum atomic E-state index is 11.1. The van der Waals surface area contributed by atoms with E-state index in [9.17, 15) is 8.42 Å². The van der Waals surface area contributed by atoms with Crippen LogP contribution in [0.1, 0.15) is 5.56 Å². The van der Waals surface area contributed by atoms with Gasteiger partial charge in [0, 0.05) is 12.6 Å². The van der Waals surface area contributed by atoms with Crippen molar-refractivity contribution >= 4 is 27.6 Å². The van der Waals surface area contributed by atoms with Crippen LogP contribution in [-0.4, -0.2) is 14.6 Å². The zero-order valence-electron chi connectivity index (χ0n) is 5.52. The fraction of sp³-hybridized carbons (Fsp3) is 0.167. The summed E-state index contributed by atoms with van der Waals surface area (Å²) in [6, 6.07) is 1.82. The van der Waals surface area contributed by atoms with Gasteiger partial charge in [-0.05, 0) is 17.0 Å². The molecule has 0 N–H and O–H groups in total. The molecule has 0 amide bonds. The molecular formula is C6H5NO2S2. The summed E-state index contributed by atoms with van der Waals surface area (Å²) in [6.45, 7) is 0. The van der Waals surface area contributed by atoms with Crippen molar-refractivity contribution in [1.82, 2.24) is 0 Å². The van der Waals surface area contributed by atoms with Gasteiger partial charge in [0.05, 0.1) is 0 Å². The molecule has 58 valence electrons. The van der Waals surface area contributed by atoms with E-state index in [-0.39, 0.29) is 0 Å². The Morgan fingerprint density at radius 1 is 1.55 bits per heavy atom. The lowest BCUT2D eigenvalue weighted by Gasteiger charge is -2.02. The van der Waals surface area contributed by atoms with Crippen molar-refractivity contribution < 1.29 is 8.42 Å². The van der Waals surface area contributed by atoms with Crippen molar-refractivity contribution in [2.24, 2.45) is 4.40 Å². The lowest BCUT2D eigenvalue weighted by Crippen LogP contribution is -2.04. The number of hydrogen-bond donors (Lipinski definition) is 0. The number of nitrogens with zero attached hydrogens (tertiary/aromatic N) is 1. The summed E-state index contributed by atoms with van der Waals surface area (Å²) in [5.41, 5.74) is 0.866. The van der Waals surface area contributed by atoms with E-state index < -0.39 is 10.0 Å². The topological polar surface area (TPSA) is 46.5 Å². The highest BCUT2D eigenvalue weighted by atomic mass is 32.2. The van der Waals surface area contributed by atoms with Gasteiger partial charge < -0.3 is 0 Å². The highest BCUT2D eigenvalue weighted by Gasteiger charge is 2.21. The number of fused-ring (bicyclic) bond motifs is 1. The Labute approximate surface area is 68.5 Å². The van der Waals surface area contributed by atoms with Gasteiger partial charge in [-0.3, -0.25) is 0 Å². The van der Waals surface area contributed by atoms with Gasteiger partial charge in [-0.1, -0.05) is 0 Å². The van der Waals surface area contributed by atoms with Crippen molar-refractivity contribution in [2.75, 3.05) is 0 Å². The molecule has 1 aliphatic heterocycles. The first-order valence-electron chi connectivity index (χ1n) is 3.05. The molecule has 1 aromatic rings. The molecule has 0 bridgehead atoms. The van der Waals surface area contributed by atoms with Crippen LogP contribution in [0.2, 0.25) is 0 Å². The van der Waals surface area contributed by atoms with E-state index in [2.05, 4.69) is 4.40 Å². The zero-order valence-corrected chi connectivity index (χ0v) is 7.15. The van der Waals surface area contributed by atoms with Crippen LogP contribution in [0.5, 0.6) is 0 Å². The van der Waals surface area contributed by atoms with Crippen LogP contribution in [0.15, 0.2) is 20.1 Å². The quantitative estimate of drug-likeness (QED) is 0.609. The molecule has 0 saturated heterocycles. The fourth-order valence-electron chi connectivity index (χ4n) is 0.981. The van der Waals surface area contributed by atoms with Crippen LogP contribution in [0.4, 0.5) is 0 Å². The summed E-state index contributed by atoms with van der Waals surface area (Å²) in [5, 5.41) is 1.77. The van der Waals surface area contributed by atoms with Gasteiger partial charge in [0.2, 0.25) is 0 Å². The zero-order chi connectivity index (χ0) is 7.90. The molecular weight excluding hydrogens is 182 g/mol. The molecule has 11 heavy (non-hydrogen) atoms. The molecule has 2 rings (SSSR count). The minimum Gasteiger partial charge on any atom is -0.198 e. The first-order valence-corrected chi connectivity index (χ1v) is 5.37. The predicted octanol–water partition coefficient (Wildman–Crippen LogP) is 1.06. The Bertz CT molecular complexity index is 402. The number of rotatable bonds is 0.